The summed E-state index contributed by atoms with van der Waals surface area (Å²) in [5.41, 5.74) is 2.41. The number of hydrogen-bond donors (Lipinski definition) is 2. The summed E-state index contributed by atoms with van der Waals surface area (Å²) >= 11 is 0. The first kappa shape index (κ1) is 16.1. The van der Waals surface area contributed by atoms with Crippen molar-refractivity contribution in [3.63, 3.8) is 0 Å². The van der Waals surface area contributed by atoms with Crippen LogP contribution in [0.5, 0.6) is 0 Å². The number of carbonyl (C=O) groups is 2. The fraction of sp³-hybridized carbons (Fsp3) is 0.150. The molecule has 0 spiro atoms. The first-order valence-electron chi connectivity index (χ1n) is 8.52. The van der Waals surface area contributed by atoms with Crippen LogP contribution in [0.25, 0.3) is 5.69 Å². The molecule has 1 aliphatic carbocycles. The molecule has 3 aromatic rings. The monoisotopic (exact) mass is 346 g/mol. The van der Waals surface area contributed by atoms with Gasteiger partial charge < -0.3 is 10.6 Å². The molecule has 4 rings (SSSR count). The van der Waals surface area contributed by atoms with E-state index < -0.39 is 0 Å². The van der Waals surface area contributed by atoms with Gasteiger partial charge in [-0.05, 0) is 55.3 Å². The van der Waals surface area contributed by atoms with Crippen LogP contribution in [0, 0.1) is 0 Å². The molecule has 2 aromatic carbocycles. The molecule has 1 aliphatic rings. The van der Waals surface area contributed by atoms with E-state index in [-0.39, 0.29) is 11.8 Å². The Morgan fingerprint density at radius 1 is 0.923 bits per heavy atom. The Kier molecular flexibility index (Phi) is 4.23. The molecule has 0 radical (unpaired) electrons. The first-order valence-corrected chi connectivity index (χ1v) is 8.52. The van der Waals surface area contributed by atoms with E-state index in [4.69, 9.17) is 0 Å². The van der Waals surface area contributed by atoms with Crippen molar-refractivity contribution >= 4 is 17.5 Å². The second-order valence-corrected chi connectivity index (χ2v) is 6.26. The molecule has 1 fully saturated rings. The van der Waals surface area contributed by atoms with Gasteiger partial charge in [-0.15, -0.1) is 0 Å². The lowest BCUT2D eigenvalue weighted by atomic mass is 10.2. The van der Waals surface area contributed by atoms with Crippen molar-refractivity contribution in [2.45, 2.75) is 18.9 Å². The van der Waals surface area contributed by atoms with Gasteiger partial charge in [-0.25, -0.2) is 4.68 Å². The molecular weight excluding hydrogens is 328 g/mol. The number of aromatic nitrogens is 2. The molecular formula is C20H18N4O2. The maximum atomic E-state index is 12.4. The Hall–Kier alpha value is -3.41. The van der Waals surface area contributed by atoms with Crippen LogP contribution in [0.3, 0.4) is 0 Å². The third-order valence-corrected chi connectivity index (χ3v) is 4.16. The van der Waals surface area contributed by atoms with Gasteiger partial charge in [-0.2, -0.15) is 5.10 Å². The predicted molar refractivity (Wildman–Crippen MR) is 98.4 cm³/mol. The Labute approximate surface area is 150 Å². The van der Waals surface area contributed by atoms with Crippen LogP contribution in [0.4, 0.5) is 5.69 Å². The number of rotatable bonds is 5. The summed E-state index contributed by atoms with van der Waals surface area (Å²) in [6, 6.07) is 18.4. The van der Waals surface area contributed by atoms with Gasteiger partial charge in [0.2, 0.25) is 0 Å². The summed E-state index contributed by atoms with van der Waals surface area (Å²) in [5, 5.41) is 10.0. The molecule has 6 nitrogen and oxygen atoms in total. The second kappa shape index (κ2) is 6.84. The summed E-state index contributed by atoms with van der Waals surface area (Å²) in [5.74, 6) is -0.373. The standard InChI is InChI=1S/C20H18N4O2/c25-19(21-16-10-11-16)14-6-8-15(9-7-14)22-20(26)18-12-13-24(23-18)17-4-2-1-3-5-17/h1-9,12-13,16H,10-11H2,(H,21,25)(H,22,26). The van der Waals surface area contributed by atoms with E-state index in [2.05, 4.69) is 15.7 Å². The van der Waals surface area contributed by atoms with Gasteiger partial charge in [0.25, 0.3) is 11.8 Å². The normalized spacial score (nSPS) is 13.2. The van der Waals surface area contributed by atoms with Crippen LogP contribution in [0.1, 0.15) is 33.7 Å². The molecule has 1 saturated carbocycles. The van der Waals surface area contributed by atoms with Crippen LogP contribution in [0.2, 0.25) is 0 Å². The quantitative estimate of drug-likeness (QED) is 0.746. The van der Waals surface area contributed by atoms with Crippen LogP contribution in [-0.2, 0) is 0 Å². The summed E-state index contributed by atoms with van der Waals surface area (Å²) in [6.45, 7) is 0. The number of amides is 2. The van der Waals surface area contributed by atoms with Crippen molar-refractivity contribution in [2.24, 2.45) is 0 Å². The molecule has 130 valence electrons. The van der Waals surface area contributed by atoms with Crippen molar-refractivity contribution in [1.29, 1.82) is 0 Å². The van der Waals surface area contributed by atoms with E-state index in [1.165, 1.54) is 0 Å². The number of para-hydroxylation sites is 1. The smallest absolute Gasteiger partial charge is 0.276 e. The fourth-order valence-corrected chi connectivity index (χ4v) is 2.57. The molecule has 0 bridgehead atoms. The van der Waals surface area contributed by atoms with Crippen molar-refractivity contribution in [3.05, 3.63) is 78.1 Å². The highest BCUT2D eigenvalue weighted by Gasteiger charge is 2.23. The van der Waals surface area contributed by atoms with Crippen molar-refractivity contribution in [2.75, 3.05) is 5.32 Å². The lowest BCUT2D eigenvalue weighted by Crippen LogP contribution is -2.25. The van der Waals surface area contributed by atoms with Crippen LogP contribution in [0.15, 0.2) is 66.9 Å². The number of anilines is 1. The Morgan fingerprint density at radius 3 is 2.35 bits per heavy atom. The van der Waals surface area contributed by atoms with E-state index in [9.17, 15) is 9.59 Å². The predicted octanol–water partition coefficient (Wildman–Crippen LogP) is 3.02. The third kappa shape index (κ3) is 3.64. The number of nitrogens with zero attached hydrogens (tertiary/aromatic N) is 2. The zero-order chi connectivity index (χ0) is 17.9. The van der Waals surface area contributed by atoms with Gasteiger partial charge >= 0.3 is 0 Å². The van der Waals surface area contributed by atoms with Crippen LogP contribution >= 0.6 is 0 Å². The number of carbonyl (C=O) groups excluding carboxylic acids is 2. The Balaban J connectivity index is 1.41. The minimum absolute atomic E-state index is 0.0769. The lowest BCUT2D eigenvalue weighted by Gasteiger charge is -2.06. The van der Waals surface area contributed by atoms with Gasteiger partial charge in [0, 0.05) is 23.5 Å². The minimum atomic E-state index is -0.296. The number of benzene rings is 2. The van der Waals surface area contributed by atoms with Crippen LogP contribution in [-0.4, -0.2) is 27.6 Å². The maximum Gasteiger partial charge on any atom is 0.276 e. The topological polar surface area (TPSA) is 76.0 Å². The average Bonchev–Trinajstić information content (AvgIpc) is 3.34. The average molecular weight is 346 g/mol. The third-order valence-electron chi connectivity index (χ3n) is 4.16. The molecule has 1 aromatic heterocycles. The fourth-order valence-electron chi connectivity index (χ4n) is 2.57. The molecule has 2 N–H and O–H groups in total. The van der Waals surface area contributed by atoms with E-state index in [0.29, 0.717) is 23.0 Å². The highest BCUT2D eigenvalue weighted by molar-refractivity contribution is 6.03. The maximum absolute atomic E-state index is 12.4. The minimum Gasteiger partial charge on any atom is -0.349 e. The van der Waals surface area contributed by atoms with Gasteiger partial charge in [0.05, 0.1) is 5.69 Å². The second-order valence-electron chi connectivity index (χ2n) is 6.26. The van der Waals surface area contributed by atoms with Gasteiger partial charge in [0.15, 0.2) is 5.69 Å². The van der Waals surface area contributed by atoms with E-state index in [0.717, 1.165) is 18.5 Å². The van der Waals surface area contributed by atoms with Gasteiger partial charge in [-0.3, -0.25) is 9.59 Å². The molecule has 0 unspecified atom stereocenters. The van der Waals surface area contributed by atoms with Crippen molar-refractivity contribution in [1.82, 2.24) is 15.1 Å². The highest BCUT2D eigenvalue weighted by atomic mass is 16.2. The molecule has 0 atom stereocenters. The first-order chi connectivity index (χ1) is 12.7. The molecule has 6 heteroatoms. The summed E-state index contributed by atoms with van der Waals surface area (Å²) in [7, 11) is 0. The highest BCUT2D eigenvalue weighted by Crippen LogP contribution is 2.20. The molecule has 2 amide bonds. The summed E-state index contributed by atoms with van der Waals surface area (Å²) in [4.78, 5) is 24.3. The Morgan fingerprint density at radius 2 is 1.65 bits per heavy atom. The van der Waals surface area contributed by atoms with Gasteiger partial charge in [-0.1, -0.05) is 18.2 Å². The van der Waals surface area contributed by atoms with Crippen molar-refractivity contribution in [3.8, 4) is 5.69 Å². The molecule has 26 heavy (non-hydrogen) atoms. The van der Waals surface area contributed by atoms with Gasteiger partial charge in [0.1, 0.15) is 0 Å². The molecule has 0 aliphatic heterocycles. The number of hydrogen-bond acceptors (Lipinski definition) is 3. The van der Waals surface area contributed by atoms with E-state index >= 15 is 0 Å². The summed E-state index contributed by atoms with van der Waals surface area (Å²) in [6.07, 6.45) is 3.85. The van der Waals surface area contributed by atoms with Crippen LogP contribution < -0.4 is 10.6 Å². The SMILES string of the molecule is O=C(NC1CC1)c1ccc(NC(=O)c2ccn(-c3ccccc3)n2)cc1. The summed E-state index contributed by atoms with van der Waals surface area (Å²) < 4.78 is 1.65. The zero-order valence-electron chi connectivity index (χ0n) is 14.1. The molecule has 0 saturated heterocycles. The van der Waals surface area contributed by atoms with E-state index in [1.54, 1.807) is 41.2 Å². The zero-order valence-corrected chi connectivity index (χ0v) is 14.1. The van der Waals surface area contributed by atoms with Crippen molar-refractivity contribution < 1.29 is 9.59 Å². The lowest BCUT2D eigenvalue weighted by molar-refractivity contribution is 0.0950. The largest absolute Gasteiger partial charge is 0.349 e. The van der Waals surface area contributed by atoms with E-state index in [1.807, 2.05) is 30.3 Å². The number of nitrogens with one attached hydrogen (secondary N) is 2. The molecule has 1 heterocycles. The Bertz CT molecular complexity index is 928.